The summed E-state index contributed by atoms with van der Waals surface area (Å²) in [6, 6.07) is 0.729. The molecule has 11 heavy (non-hydrogen) atoms. The van der Waals surface area contributed by atoms with E-state index >= 15 is 0 Å². The minimum atomic E-state index is 0. The van der Waals surface area contributed by atoms with Gasteiger partial charge in [-0.15, -0.1) is 24.8 Å². The van der Waals surface area contributed by atoms with Crippen LogP contribution in [-0.4, -0.2) is 37.1 Å². The molecule has 1 rings (SSSR count). The number of hydrogen-bond donors (Lipinski definition) is 1. The predicted octanol–water partition coefficient (Wildman–Crippen LogP) is 1.14. The molecular weight excluding hydrogens is 183 g/mol. The van der Waals surface area contributed by atoms with Crippen LogP contribution < -0.4 is 5.32 Å². The normalized spacial score (nSPS) is 18.8. The third kappa shape index (κ3) is 4.86. The van der Waals surface area contributed by atoms with Gasteiger partial charge in [-0.3, -0.25) is 4.90 Å². The lowest BCUT2D eigenvalue weighted by Crippen LogP contribution is -2.46. The maximum absolute atomic E-state index is 3.33. The van der Waals surface area contributed by atoms with E-state index in [0.717, 1.165) is 19.1 Å². The standard InChI is InChI=1S/C7H16N2.2ClH/c1-7(2)9-5-3-8-4-6-9;;/h7-8H,3-6H2,1-2H3;2*1H. The molecule has 1 saturated heterocycles. The van der Waals surface area contributed by atoms with Crippen molar-refractivity contribution in [2.75, 3.05) is 26.2 Å². The summed E-state index contributed by atoms with van der Waals surface area (Å²) >= 11 is 0. The summed E-state index contributed by atoms with van der Waals surface area (Å²) < 4.78 is 0. The molecule has 1 heterocycles. The van der Waals surface area contributed by atoms with Crippen LogP contribution in [0.15, 0.2) is 0 Å². The van der Waals surface area contributed by atoms with Crippen LogP contribution in [0.25, 0.3) is 0 Å². The topological polar surface area (TPSA) is 15.3 Å². The van der Waals surface area contributed by atoms with Gasteiger partial charge in [0.1, 0.15) is 0 Å². The maximum Gasteiger partial charge on any atom is 0.0110 e. The van der Waals surface area contributed by atoms with E-state index in [9.17, 15) is 0 Å². The third-order valence-electron chi connectivity index (χ3n) is 1.88. The van der Waals surface area contributed by atoms with Crippen LogP contribution in [0.3, 0.4) is 0 Å². The molecule has 1 aliphatic heterocycles. The molecule has 1 fully saturated rings. The number of piperazine rings is 1. The summed E-state index contributed by atoms with van der Waals surface area (Å²) in [5.41, 5.74) is 0. The Labute approximate surface area is 81.5 Å². The Morgan fingerprint density at radius 1 is 1.09 bits per heavy atom. The van der Waals surface area contributed by atoms with Gasteiger partial charge in [0.2, 0.25) is 0 Å². The molecule has 0 amide bonds. The zero-order valence-corrected chi connectivity index (χ0v) is 8.80. The quantitative estimate of drug-likeness (QED) is 0.684. The second-order valence-corrected chi connectivity index (χ2v) is 2.88. The van der Waals surface area contributed by atoms with Gasteiger partial charge in [0.15, 0.2) is 0 Å². The molecule has 1 N–H and O–H groups in total. The van der Waals surface area contributed by atoms with E-state index in [1.165, 1.54) is 13.1 Å². The fraction of sp³-hybridized carbons (Fsp3) is 1.00. The van der Waals surface area contributed by atoms with Gasteiger partial charge < -0.3 is 5.32 Å². The second kappa shape index (κ2) is 7.17. The first-order chi connectivity index (χ1) is 4.30. The van der Waals surface area contributed by atoms with Crippen LogP contribution in [0.5, 0.6) is 0 Å². The lowest BCUT2D eigenvalue weighted by atomic mass is 10.3. The molecule has 0 aromatic carbocycles. The highest BCUT2D eigenvalue weighted by Gasteiger charge is 2.11. The predicted molar refractivity (Wildman–Crippen MR) is 54.1 cm³/mol. The SMILES string of the molecule is CC(C)N1CCNCC1.Cl.Cl. The minimum absolute atomic E-state index is 0. The number of nitrogens with zero attached hydrogens (tertiary/aromatic N) is 1. The van der Waals surface area contributed by atoms with Crippen molar-refractivity contribution >= 4 is 24.8 Å². The van der Waals surface area contributed by atoms with Crippen molar-refractivity contribution in [3.63, 3.8) is 0 Å². The number of halogens is 2. The third-order valence-corrected chi connectivity index (χ3v) is 1.88. The van der Waals surface area contributed by atoms with Crippen molar-refractivity contribution < 1.29 is 0 Å². The molecule has 1 aliphatic rings. The first kappa shape index (κ1) is 14.0. The lowest BCUT2D eigenvalue weighted by Gasteiger charge is -2.30. The van der Waals surface area contributed by atoms with Crippen molar-refractivity contribution in [2.45, 2.75) is 19.9 Å². The smallest absolute Gasteiger partial charge is 0.0110 e. The first-order valence-corrected chi connectivity index (χ1v) is 3.75. The van der Waals surface area contributed by atoms with Crippen molar-refractivity contribution in [3.8, 4) is 0 Å². The summed E-state index contributed by atoms with van der Waals surface area (Å²) in [5, 5.41) is 3.33. The average Bonchev–Trinajstić information content (AvgIpc) is 1.90. The van der Waals surface area contributed by atoms with Crippen molar-refractivity contribution in [2.24, 2.45) is 0 Å². The van der Waals surface area contributed by atoms with Crippen molar-refractivity contribution in [1.29, 1.82) is 0 Å². The second-order valence-electron chi connectivity index (χ2n) is 2.88. The van der Waals surface area contributed by atoms with E-state index in [4.69, 9.17) is 0 Å². The summed E-state index contributed by atoms with van der Waals surface area (Å²) in [6.45, 7) is 9.28. The maximum atomic E-state index is 3.33. The molecule has 0 spiro atoms. The van der Waals surface area contributed by atoms with E-state index in [0.29, 0.717) is 0 Å². The monoisotopic (exact) mass is 200 g/mol. The Morgan fingerprint density at radius 2 is 1.55 bits per heavy atom. The van der Waals surface area contributed by atoms with Crippen LogP contribution in [0.1, 0.15) is 13.8 Å². The molecule has 0 aliphatic carbocycles. The molecule has 2 nitrogen and oxygen atoms in total. The zero-order chi connectivity index (χ0) is 6.69. The molecule has 0 aromatic heterocycles. The molecule has 0 saturated carbocycles. The van der Waals surface area contributed by atoms with Crippen molar-refractivity contribution in [1.82, 2.24) is 10.2 Å². The van der Waals surface area contributed by atoms with Crippen LogP contribution in [0, 0.1) is 0 Å². The highest BCUT2D eigenvalue weighted by atomic mass is 35.5. The fourth-order valence-corrected chi connectivity index (χ4v) is 1.20. The van der Waals surface area contributed by atoms with Crippen LogP contribution in [0.2, 0.25) is 0 Å². The van der Waals surface area contributed by atoms with Gasteiger partial charge in [0.05, 0.1) is 0 Å². The fourth-order valence-electron chi connectivity index (χ4n) is 1.20. The first-order valence-electron chi connectivity index (χ1n) is 3.75. The largest absolute Gasteiger partial charge is 0.314 e. The van der Waals surface area contributed by atoms with Gasteiger partial charge in [-0.1, -0.05) is 0 Å². The molecular formula is C7H18Cl2N2. The van der Waals surface area contributed by atoms with Crippen molar-refractivity contribution in [3.05, 3.63) is 0 Å². The summed E-state index contributed by atoms with van der Waals surface area (Å²) in [4.78, 5) is 2.50. The van der Waals surface area contributed by atoms with E-state index in [-0.39, 0.29) is 24.8 Å². The number of nitrogens with one attached hydrogen (secondary N) is 1. The highest BCUT2D eigenvalue weighted by molar-refractivity contribution is 5.85. The lowest BCUT2D eigenvalue weighted by molar-refractivity contribution is 0.196. The van der Waals surface area contributed by atoms with Gasteiger partial charge in [-0.2, -0.15) is 0 Å². The Hall–Kier alpha value is 0.500. The van der Waals surface area contributed by atoms with Gasteiger partial charge >= 0.3 is 0 Å². The zero-order valence-electron chi connectivity index (χ0n) is 7.17. The van der Waals surface area contributed by atoms with Gasteiger partial charge in [-0.05, 0) is 13.8 Å². The van der Waals surface area contributed by atoms with Crippen LogP contribution in [0.4, 0.5) is 0 Å². The van der Waals surface area contributed by atoms with Gasteiger partial charge in [0, 0.05) is 32.2 Å². The molecule has 0 unspecified atom stereocenters. The Kier molecular flexibility index (Phi) is 9.15. The Balaban J connectivity index is 0. The molecule has 0 aromatic rings. The molecule has 0 radical (unpaired) electrons. The van der Waals surface area contributed by atoms with Gasteiger partial charge in [-0.25, -0.2) is 0 Å². The Morgan fingerprint density at radius 3 is 1.82 bits per heavy atom. The average molecular weight is 201 g/mol. The highest BCUT2D eigenvalue weighted by Crippen LogP contribution is 1.97. The van der Waals surface area contributed by atoms with E-state index in [1.54, 1.807) is 0 Å². The minimum Gasteiger partial charge on any atom is -0.314 e. The summed E-state index contributed by atoms with van der Waals surface area (Å²) in [7, 11) is 0. The number of hydrogen-bond acceptors (Lipinski definition) is 2. The Bertz CT molecular complexity index is 82.5. The van der Waals surface area contributed by atoms with E-state index < -0.39 is 0 Å². The van der Waals surface area contributed by atoms with Gasteiger partial charge in [0.25, 0.3) is 0 Å². The van der Waals surface area contributed by atoms with E-state index in [1.807, 2.05) is 0 Å². The molecule has 0 atom stereocenters. The molecule has 4 heteroatoms. The van der Waals surface area contributed by atoms with Crippen LogP contribution in [-0.2, 0) is 0 Å². The van der Waals surface area contributed by atoms with E-state index in [2.05, 4.69) is 24.1 Å². The molecule has 70 valence electrons. The summed E-state index contributed by atoms with van der Waals surface area (Å²) in [5.74, 6) is 0. The summed E-state index contributed by atoms with van der Waals surface area (Å²) in [6.07, 6.45) is 0. The number of rotatable bonds is 1. The van der Waals surface area contributed by atoms with Crippen LogP contribution >= 0.6 is 24.8 Å². The molecule has 0 bridgehead atoms.